The summed E-state index contributed by atoms with van der Waals surface area (Å²) in [5.41, 5.74) is 2.14. The molecule has 0 saturated heterocycles. The fraction of sp³-hybridized carbons (Fsp3) is 0.188. The summed E-state index contributed by atoms with van der Waals surface area (Å²) < 4.78 is 5.31. The van der Waals surface area contributed by atoms with Crippen LogP contribution in [0, 0.1) is 0 Å². The van der Waals surface area contributed by atoms with Crippen LogP contribution in [-0.2, 0) is 4.79 Å². The Morgan fingerprint density at radius 2 is 2.09 bits per heavy atom. The van der Waals surface area contributed by atoms with E-state index < -0.39 is 0 Å². The van der Waals surface area contributed by atoms with E-state index in [2.05, 4.69) is 20.9 Å². The van der Waals surface area contributed by atoms with E-state index in [9.17, 15) is 9.59 Å². The van der Waals surface area contributed by atoms with E-state index in [1.165, 1.54) is 0 Å². The molecule has 1 atom stereocenters. The Balaban J connectivity index is 1.66. The first-order valence-corrected chi connectivity index (χ1v) is 7.16. The maximum atomic E-state index is 12.0. The van der Waals surface area contributed by atoms with Gasteiger partial charge in [-0.1, -0.05) is 6.07 Å². The summed E-state index contributed by atoms with van der Waals surface area (Å²) in [6.45, 7) is 1.88. The molecular formula is C16H16N4O3. The fourth-order valence-corrected chi connectivity index (χ4v) is 2.25. The number of amides is 3. The minimum atomic E-state index is -0.318. The van der Waals surface area contributed by atoms with Crippen molar-refractivity contribution in [1.82, 2.24) is 10.3 Å². The topological polar surface area (TPSA) is 92.4 Å². The van der Waals surface area contributed by atoms with E-state index in [4.69, 9.17) is 4.74 Å². The molecule has 0 spiro atoms. The van der Waals surface area contributed by atoms with Crippen LogP contribution in [0.5, 0.6) is 5.75 Å². The first-order valence-electron chi connectivity index (χ1n) is 7.16. The summed E-state index contributed by atoms with van der Waals surface area (Å²) in [7, 11) is 0. The third-order valence-electron chi connectivity index (χ3n) is 3.42. The number of hydrogen-bond donors (Lipinski definition) is 3. The van der Waals surface area contributed by atoms with Crippen molar-refractivity contribution in [3.8, 4) is 5.75 Å². The van der Waals surface area contributed by atoms with Gasteiger partial charge in [-0.2, -0.15) is 0 Å². The summed E-state index contributed by atoms with van der Waals surface area (Å²) in [5, 5.41) is 8.32. The van der Waals surface area contributed by atoms with Crippen LogP contribution in [0.15, 0.2) is 42.7 Å². The van der Waals surface area contributed by atoms with Crippen molar-refractivity contribution >= 4 is 23.3 Å². The Morgan fingerprint density at radius 1 is 1.30 bits per heavy atom. The second-order valence-electron chi connectivity index (χ2n) is 5.15. The molecule has 118 valence electrons. The number of aromatic nitrogens is 1. The van der Waals surface area contributed by atoms with E-state index >= 15 is 0 Å². The number of anilines is 2. The summed E-state index contributed by atoms with van der Waals surface area (Å²) in [6.07, 6.45) is 3.20. The van der Waals surface area contributed by atoms with Crippen molar-refractivity contribution in [2.45, 2.75) is 13.0 Å². The average Bonchev–Trinajstić information content (AvgIpc) is 2.54. The Labute approximate surface area is 133 Å². The molecule has 1 aromatic carbocycles. The van der Waals surface area contributed by atoms with E-state index in [0.29, 0.717) is 17.1 Å². The molecular weight excluding hydrogens is 296 g/mol. The van der Waals surface area contributed by atoms with Gasteiger partial charge in [0, 0.05) is 18.1 Å². The summed E-state index contributed by atoms with van der Waals surface area (Å²) in [4.78, 5) is 27.3. The number of urea groups is 1. The fourth-order valence-electron chi connectivity index (χ4n) is 2.25. The second kappa shape index (κ2) is 6.35. The number of rotatable bonds is 3. The molecule has 3 rings (SSSR count). The van der Waals surface area contributed by atoms with E-state index in [-0.39, 0.29) is 24.6 Å². The second-order valence-corrected chi connectivity index (χ2v) is 5.15. The smallest absolute Gasteiger partial charge is 0.319 e. The monoisotopic (exact) mass is 312 g/mol. The molecule has 23 heavy (non-hydrogen) atoms. The molecule has 2 heterocycles. The number of ether oxygens (including phenoxy) is 1. The SMILES string of the molecule is C[C@H](NC(=O)Nc1ccncc1)c1ccc2c(c1)NC(=O)CO2. The van der Waals surface area contributed by atoms with Crippen molar-refractivity contribution < 1.29 is 14.3 Å². The summed E-state index contributed by atoms with van der Waals surface area (Å²) >= 11 is 0. The lowest BCUT2D eigenvalue weighted by atomic mass is 10.1. The van der Waals surface area contributed by atoms with E-state index in [1.807, 2.05) is 13.0 Å². The van der Waals surface area contributed by atoms with Gasteiger partial charge in [-0.3, -0.25) is 9.78 Å². The van der Waals surface area contributed by atoms with Crippen LogP contribution in [0.3, 0.4) is 0 Å². The molecule has 0 saturated carbocycles. The van der Waals surface area contributed by atoms with Crippen LogP contribution >= 0.6 is 0 Å². The molecule has 7 heteroatoms. The van der Waals surface area contributed by atoms with Gasteiger partial charge in [-0.25, -0.2) is 4.79 Å². The minimum Gasteiger partial charge on any atom is -0.482 e. The maximum Gasteiger partial charge on any atom is 0.319 e. The molecule has 7 nitrogen and oxygen atoms in total. The minimum absolute atomic E-state index is 0.0223. The lowest BCUT2D eigenvalue weighted by Gasteiger charge is -2.21. The number of carbonyl (C=O) groups is 2. The van der Waals surface area contributed by atoms with Crippen molar-refractivity contribution in [3.63, 3.8) is 0 Å². The lowest BCUT2D eigenvalue weighted by molar-refractivity contribution is -0.118. The average molecular weight is 312 g/mol. The van der Waals surface area contributed by atoms with Crippen molar-refractivity contribution in [2.24, 2.45) is 0 Å². The number of hydrogen-bond acceptors (Lipinski definition) is 4. The molecule has 3 N–H and O–H groups in total. The van der Waals surface area contributed by atoms with Crippen LogP contribution < -0.4 is 20.7 Å². The van der Waals surface area contributed by atoms with Crippen molar-refractivity contribution in [2.75, 3.05) is 17.2 Å². The Bertz CT molecular complexity index is 733. The molecule has 0 radical (unpaired) electrons. The van der Waals surface area contributed by atoms with Gasteiger partial charge in [-0.05, 0) is 36.8 Å². The Morgan fingerprint density at radius 3 is 2.87 bits per heavy atom. The van der Waals surface area contributed by atoms with E-state index in [0.717, 1.165) is 5.56 Å². The molecule has 0 bridgehead atoms. The first-order chi connectivity index (χ1) is 11.1. The van der Waals surface area contributed by atoms with Gasteiger partial charge in [0.1, 0.15) is 5.75 Å². The molecule has 1 aliphatic heterocycles. The predicted octanol–water partition coefficient (Wildman–Crippen LogP) is 2.30. The first kappa shape index (κ1) is 14.8. The highest BCUT2D eigenvalue weighted by atomic mass is 16.5. The maximum absolute atomic E-state index is 12.0. The number of nitrogens with one attached hydrogen (secondary N) is 3. The van der Waals surface area contributed by atoms with Crippen LogP contribution in [0.1, 0.15) is 18.5 Å². The van der Waals surface area contributed by atoms with Crippen molar-refractivity contribution in [3.05, 3.63) is 48.3 Å². The van der Waals surface area contributed by atoms with Gasteiger partial charge in [0.15, 0.2) is 6.61 Å². The third kappa shape index (κ3) is 3.57. The van der Waals surface area contributed by atoms with E-state index in [1.54, 1.807) is 36.7 Å². The zero-order valence-corrected chi connectivity index (χ0v) is 12.5. The number of fused-ring (bicyclic) bond motifs is 1. The highest BCUT2D eigenvalue weighted by Gasteiger charge is 2.18. The quantitative estimate of drug-likeness (QED) is 0.811. The van der Waals surface area contributed by atoms with Crippen LogP contribution in [-0.4, -0.2) is 23.5 Å². The van der Waals surface area contributed by atoms with Gasteiger partial charge < -0.3 is 20.7 Å². The molecule has 0 aliphatic carbocycles. The number of benzene rings is 1. The Hall–Kier alpha value is -3.09. The third-order valence-corrected chi connectivity index (χ3v) is 3.42. The predicted molar refractivity (Wildman–Crippen MR) is 85.4 cm³/mol. The zero-order valence-electron chi connectivity index (χ0n) is 12.5. The largest absolute Gasteiger partial charge is 0.482 e. The standard InChI is InChI=1S/C16H16N4O3/c1-10(18-16(22)19-12-4-6-17-7-5-12)11-2-3-14-13(8-11)20-15(21)9-23-14/h2-8,10H,9H2,1H3,(H,20,21)(H2,17,18,19,22)/t10-/m0/s1. The lowest BCUT2D eigenvalue weighted by Crippen LogP contribution is -2.31. The molecule has 3 amide bonds. The van der Waals surface area contributed by atoms with Crippen molar-refractivity contribution in [1.29, 1.82) is 0 Å². The normalized spacial score (nSPS) is 14.0. The molecule has 2 aromatic rings. The number of nitrogens with zero attached hydrogens (tertiary/aromatic N) is 1. The highest BCUT2D eigenvalue weighted by molar-refractivity contribution is 5.95. The van der Waals surface area contributed by atoms with Gasteiger partial charge in [0.2, 0.25) is 0 Å². The van der Waals surface area contributed by atoms with Gasteiger partial charge in [0.25, 0.3) is 5.91 Å². The van der Waals surface area contributed by atoms with Crippen LogP contribution in [0.25, 0.3) is 0 Å². The highest BCUT2D eigenvalue weighted by Crippen LogP contribution is 2.30. The summed E-state index contributed by atoms with van der Waals surface area (Å²) in [6, 6.07) is 8.29. The molecule has 1 aliphatic rings. The molecule has 1 aromatic heterocycles. The molecule has 0 fully saturated rings. The number of carbonyl (C=O) groups excluding carboxylic acids is 2. The molecule has 0 unspecified atom stereocenters. The number of pyridine rings is 1. The van der Waals surface area contributed by atoms with Gasteiger partial charge >= 0.3 is 6.03 Å². The zero-order chi connectivity index (χ0) is 16.2. The summed E-state index contributed by atoms with van der Waals surface area (Å²) in [5.74, 6) is 0.437. The van der Waals surface area contributed by atoms with Crippen LogP contribution in [0.4, 0.5) is 16.2 Å². The van der Waals surface area contributed by atoms with Gasteiger partial charge in [0.05, 0.1) is 11.7 Å². The van der Waals surface area contributed by atoms with Gasteiger partial charge in [-0.15, -0.1) is 0 Å². The Kier molecular flexibility index (Phi) is 4.09. The van der Waals surface area contributed by atoms with Crippen LogP contribution in [0.2, 0.25) is 0 Å².